The van der Waals surface area contributed by atoms with E-state index in [2.05, 4.69) is 22.0 Å². The fraction of sp³-hybridized carbons (Fsp3) is 0.211. The maximum absolute atomic E-state index is 10.8. The molecular weight excluding hydrogens is 400 g/mol. The molecule has 6 nitrogen and oxygen atoms in total. The Kier molecular flexibility index (Phi) is 6.75. The predicted octanol–water partition coefficient (Wildman–Crippen LogP) is 5.22. The van der Waals surface area contributed by atoms with Crippen molar-refractivity contribution in [2.24, 2.45) is 0 Å². The fourth-order valence-electron chi connectivity index (χ4n) is 2.33. The van der Waals surface area contributed by atoms with Crippen molar-refractivity contribution in [2.75, 3.05) is 13.2 Å². The van der Waals surface area contributed by atoms with E-state index in [4.69, 9.17) is 9.47 Å². The zero-order chi connectivity index (χ0) is 19.1. The first kappa shape index (κ1) is 19.5. The molecule has 0 aliphatic rings. The van der Waals surface area contributed by atoms with E-state index in [1.165, 1.54) is 12.1 Å². The fourth-order valence-corrected chi connectivity index (χ4v) is 2.90. The van der Waals surface area contributed by atoms with E-state index in [0.717, 1.165) is 10.0 Å². The predicted molar refractivity (Wildman–Crippen MR) is 103 cm³/mol. The van der Waals surface area contributed by atoms with Gasteiger partial charge in [-0.25, -0.2) is 0 Å². The van der Waals surface area contributed by atoms with Crippen molar-refractivity contribution in [3.8, 4) is 17.6 Å². The number of hydrogen-bond donors (Lipinski definition) is 0. The molecule has 0 N–H and O–H groups in total. The lowest BCUT2D eigenvalue weighted by molar-refractivity contribution is -0.384. The van der Waals surface area contributed by atoms with Crippen LogP contribution in [0.3, 0.4) is 0 Å². The van der Waals surface area contributed by atoms with Crippen LogP contribution in [0.25, 0.3) is 11.6 Å². The summed E-state index contributed by atoms with van der Waals surface area (Å²) in [7, 11) is 0. The minimum absolute atomic E-state index is 0.0199. The molecule has 2 aromatic rings. The highest BCUT2D eigenvalue weighted by Gasteiger charge is 2.12. The van der Waals surface area contributed by atoms with Gasteiger partial charge in [0.05, 0.1) is 34.3 Å². The molecule has 0 aliphatic heterocycles. The summed E-state index contributed by atoms with van der Waals surface area (Å²) in [4.78, 5) is 10.3. The molecule has 26 heavy (non-hydrogen) atoms. The van der Waals surface area contributed by atoms with E-state index in [-0.39, 0.29) is 5.69 Å². The summed E-state index contributed by atoms with van der Waals surface area (Å²) in [6.07, 6.45) is 1.70. The van der Waals surface area contributed by atoms with Gasteiger partial charge in [-0.05, 0) is 71.2 Å². The molecule has 0 fully saturated rings. The molecular formula is C19H17BrN2O4. The van der Waals surface area contributed by atoms with Gasteiger partial charge in [-0.1, -0.05) is 0 Å². The Morgan fingerprint density at radius 2 is 1.88 bits per heavy atom. The minimum Gasteiger partial charge on any atom is -0.490 e. The summed E-state index contributed by atoms with van der Waals surface area (Å²) in [6, 6.07) is 11.6. The Morgan fingerprint density at radius 3 is 2.42 bits per heavy atom. The summed E-state index contributed by atoms with van der Waals surface area (Å²) < 4.78 is 12.0. The highest BCUT2D eigenvalue weighted by atomic mass is 79.9. The number of nitrogens with zero attached hydrogens (tertiary/aromatic N) is 2. The Bertz CT molecular complexity index is 870. The summed E-state index contributed by atoms with van der Waals surface area (Å²) in [5.41, 5.74) is 1.71. The Balaban J connectivity index is 2.45. The second-order valence-corrected chi connectivity index (χ2v) is 6.02. The SMILES string of the molecule is CCOc1cc(/C=C(/C#N)c2ccc([N+](=O)[O-])cc2)cc(Br)c1OCC. The van der Waals surface area contributed by atoms with Crippen LogP contribution in [0, 0.1) is 21.4 Å². The molecule has 0 unspecified atom stereocenters. The minimum atomic E-state index is -0.475. The number of non-ortho nitro benzene ring substituents is 1. The lowest BCUT2D eigenvalue weighted by atomic mass is 10.0. The largest absolute Gasteiger partial charge is 0.490 e. The van der Waals surface area contributed by atoms with Crippen LogP contribution in [-0.4, -0.2) is 18.1 Å². The highest BCUT2D eigenvalue weighted by Crippen LogP contribution is 2.38. The van der Waals surface area contributed by atoms with E-state index in [0.29, 0.717) is 35.8 Å². The Labute approximate surface area is 159 Å². The van der Waals surface area contributed by atoms with Crippen LogP contribution in [0.5, 0.6) is 11.5 Å². The smallest absolute Gasteiger partial charge is 0.269 e. The third-order valence-corrected chi connectivity index (χ3v) is 4.03. The van der Waals surface area contributed by atoms with Gasteiger partial charge >= 0.3 is 0 Å². The van der Waals surface area contributed by atoms with Gasteiger partial charge < -0.3 is 9.47 Å². The second kappa shape index (κ2) is 9.02. The van der Waals surface area contributed by atoms with Crippen LogP contribution in [0.4, 0.5) is 5.69 Å². The Hall–Kier alpha value is -2.85. The average molecular weight is 417 g/mol. The van der Waals surface area contributed by atoms with E-state index in [1.807, 2.05) is 19.9 Å². The zero-order valence-corrected chi connectivity index (χ0v) is 15.9. The third kappa shape index (κ3) is 4.61. The number of nitro groups is 1. The van der Waals surface area contributed by atoms with Crippen molar-refractivity contribution in [2.45, 2.75) is 13.8 Å². The third-order valence-electron chi connectivity index (χ3n) is 3.44. The summed E-state index contributed by atoms with van der Waals surface area (Å²) >= 11 is 3.47. The van der Waals surface area contributed by atoms with Crippen LogP contribution >= 0.6 is 15.9 Å². The first-order chi connectivity index (χ1) is 12.5. The molecule has 7 heteroatoms. The van der Waals surface area contributed by atoms with Crippen LogP contribution in [0.15, 0.2) is 40.9 Å². The molecule has 0 spiro atoms. The zero-order valence-electron chi connectivity index (χ0n) is 14.4. The lowest BCUT2D eigenvalue weighted by Crippen LogP contribution is -1.99. The second-order valence-electron chi connectivity index (χ2n) is 5.17. The lowest BCUT2D eigenvalue weighted by Gasteiger charge is -2.13. The van der Waals surface area contributed by atoms with E-state index < -0.39 is 4.92 Å². The number of nitriles is 1. The van der Waals surface area contributed by atoms with Gasteiger partial charge in [0.2, 0.25) is 0 Å². The van der Waals surface area contributed by atoms with Crippen LogP contribution in [0.1, 0.15) is 25.0 Å². The van der Waals surface area contributed by atoms with Gasteiger partial charge in [0.1, 0.15) is 0 Å². The summed E-state index contributed by atoms with van der Waals surface area (Å²) in [5, 5.41) is 20.2. The Morgan fingerprint density at radius 1 is 1.23 bits per heavy atom. The maximum atomic E-state index is 10.8. The average Bonchev–Trinajstić information content (AvgIpc) is 2.63. The van der Waals surface area contributed by atoms with Gasteiger partial charge in [-0.3, -0.25) is 10.1 Å². The number of halogens is 1. The molecule has 0 radical (unpaired) electrons. The molecule has 0 saturated heterocycles. The molecule has 0 amide bonds. The first-order valence-electron chi connectivity index (χ1n) is 7.95. The van der Waals surface area contributed by atoms with Gasteiger partial charge in [0.25, 0.3) is 5.69 Å². The molecule has 0 atom stereocenters. The molecule has 134 valence electrons. The number of nitro benzene ring substituents is 1. The van der Waals surface area contributed by atoms with Crippen molar-refractivity contribution in [1.29, 1.82) is 5.26 Å². The maximum Gasteiger partial charge on any atom is 0.269 e. The number of allylic oxidation sites excluding steroid dienone is 1. The van der Waals surface area contributed by atoms with Gasteiger partial charge in [-0.2, -0.15) is 5.26 Å². The number of ether oxygens (including phenoxy) is 2. The molecule has 2 aromatic carbocycles. The van der Waals surface area contributed by atoms with E-state index in [1.54, 1.807) is 24.3 Å². The van der Waals surface area contributed by atoms with Crippen LogP contribution in [-0.2, 0) is 0 Å². The summed E-state index contributed by atoms with van der Waals surface area (Å²) in [5.74, 6) is 1.19. The monoisotopic (exact) mass is 416 g/mol. The number of hydrogen-bond acceptors (Lipinski definition) is 5. The van der Waals surface area contributed by atoms with Crippen LogP contribution in [0.2, 0.25) is 0 Å². The van der Waals surface area contributed by atoms with Crippen LogP contribution < -0.4 is 9.47 Å². The summed E-state index contributed by atoms with van der Waals surface area (Å²) in [6.45, 7) is 4.75. The van der Waals surface area contributed by atoms with Crippen molar-refractivity contribution < 1.29 is 14.4 Å². The molecule has 0 bridgehead atoms. The van der Waals surface area contributed by atoms with Crippen molar-refractivity contribution in [1.82, 2.24) is 0 Å². The normalized spacial score (nSPS) is 10.9. The van der Waals surface area contributed by atoms with Crippen molar-refractivity contribution in [3.05, 3.63) is 62.1 Å². The van der Waals surface area contributed by atoms with E-state index in [9.17, 15) is 15.4 Å². The quantitative estimate of drug-likeness (QED) is 0.267. The van der Waals surface area contributed by atoms with Crippen molar-refractivity contribution in [3.63, 3.8) is 0 Å². The molecule has 0 saturated carbocycles. The van der Waals surface area contributed by atoms with Gasteiger partial charge in [0.15, 0.2) is 11.5 Å². The van der Waals surface area contributed by atoms with E-state index >= 15 is 0 Å². The molecule has 0 aromatic heterocycles. The molecule has 2 rings (SSSR count). The number of rotatable bonds is 7. The van der Waals surface area contributed by atoms with Crippen molar-refractivity contribution >= 4 is 33.3 Å². The van der Waals surface area contributed by atoms with Gasteiger partial charge in [-0.15, -0.1) is 0 Å². The van der Waals surface area contributed by atoms with Gasteiger partial charge in [0, 0.05) is 12.1 Å². The molecule has 0 heterocycles. The first-order valence-corrected chi connectivity index (χ1v) is 8.75. The number of benzene rings is 2. The standard InChI is InChI=1S/C19H17BrN2O4/c1-3-25-18-11-13(10-17(20)19(18)26-4-2)9-15(12-21)14-5-7-16(8-6-14)22(23)24/h5-11H,3-4H2,1-2H3/b15-9-. The molecule has 0 aliphatic carbocycles. The topological polar surface area (TPSA) is 85.4 Å². The highest BCUT2D eigenvalue weighted by molar-refractivity contribution is 9.10.